The Balaban J connectivity index is 2.05. The number of aromatic hydroxyl groups is 1. The van der Waals surface area contributed by atoms with Gasteiger partial charge in [0.2, 0.25) is 0 Å². The fourth-order valence-corrected chi connectivity index (χ4v) is 2.91. The van der Waals surface area contributed by atoms with E-state index in [-0.39, 0.29) is 27.9 Å². The Hall–Kier alpha value is -2.08. The predicted octanol–water partition coefficient (Wildman–Crippen LogP) is 4.26. The molecule has 1 N–H and O–H groups in total. The van der Waals surface area contributed by atoms with Crippen LogP contribution in [0.4, 0.5) is 11.4 Å². The summed E-state index contributed by atoms with van der Waals surface area (Å²) in [6, 6.07) is 9.10. The van der Waals surface area contributed by atoms with E-state index in [9.17, 15) is 14.7 Å². The molecule has 25 heavy (non-hydrogen) atoms. The van der Waals surface area contributed by atoms with Gasteiger partial charge in [0.05, 0.1) is 15.7 Å². The minimum Gasteiger partial charge on any atom is -0.506 e. The van der Waals surface area contributed by atoms with Crippen molar-refractivity contribution in [2.75, 3.05) is 4.90 Å². The lowest BCUT2D eigenvalue weighted by Gasteiger charge is -2.13. The molecule has 5 nitrogen and oxygen atoms in total. The summed E-state index contributed by atoms with van der Waals surface area (Å²) in [4.78, 5) is 30.1. The first-order chi connectivity index (χ1) is 11.8. The van der Waals surface area contributed by atoms with Crippen LogP contribution < -0.4 is 4.90 Å². The van der Waals surface area contributed by atoms with Gasteiger partial charge in [0.25, 0.3) is 11.8 Å². The number of hydrogen-bond acceptors (Lipinski definition) is 4. The number of anilines is 1. The lowest BCUT2D eigenvalue weighted by atomic mass is 10.2. The van der Waals surface area contributed by atoms with Gasteiger partial charge in [-0.3, -0.25) is 9.59 Å². The van der Waals surface area contributed by atoms with E-state index in [0.717, 1.165) is 10.5 Å². The van der Waals surface area contributed by atoms with Crippen molar-refractivity contribution in [1.82, 2.24) is 0 Å². The number of amides is 2. The van der Waals surface area contributed by atoms with Crippen LogP contribution in [0.5, 0.6) is 5.75 Å². The minimum atomic E-state index is -1.26. The third kappa shape index (κ3) is 3.23. The summed E-state index contributed by atoms with van der Waals surface area (Å²) < 4.78 is 0. The zero-order chi connectivity index (χ0) is 18.3. The number of aryl methyl sites for hydroxylation is 1. The number of carbonyl (C=O) groups excluding carboxylic acids is 2. The molecule has 0 saturated carbocycles. The molecule has 1 unspecified atom stereocenters. The van der Waals surface area contributed by atoms with Gasteiger partial charge in [0.1, 0.15) is 17.1 Å². The summed E-state index contributed by atoms with van der Waals surface area (Å²) in [5.41, 5.74) is 1.08. The topological polar surface area (TPSA) is 70.0 Å². The first kappa shape index (κ1) is 17.7. The van der Waals surface area contributed by atoms with Gasteiger partial charge in [0.15, 0.2) is 5.38 Å². The molecule has 8 heteroatoms. The number of phenolic OH excluding ortho intramolecular Hbond substituents is 1. The summed E-state index contributed by atoms with van der Waals surface area (Å²) in [5.74, 6) is -1.43. The first-order valence-corrected chi connectivity index (χ1v) is 8.34. The van der Waals surface area contributed by atoms with E-state index < -0.39 is 17.2 Å². The molecular weight excluding hydrogens is 387 g/mol. The molecule has 1 aliphatic heterocycles. The third-order valence-corrected chi connectivity index (χ3v) is 4.77. The number of benzene rings is 2. The summed E-state index contributed by atoms with van der Waals surface area (Å²) in [5, 5.41) is 9.13. The van der Waals surface area contributed by atoms with Gasteiger partial charge in [-0.15, -0.1) is 11.6 Å². The van der Waals surface area contributed by atoms with Crippen molar-refractivity contribution in [3.8, 4) is 5.75 Å². The Labute approximate surface area is 158 Å². The van der Waals surface area contributed by atoms with Crippen LogP contribution in [0, 0.1) is 6.92 Å². The molecule has 0 aromatic heterocycles. The Morgan fingerprint density at radius 3 is 2.48 bits per heavy atom. The van der Waals surface area contributed by atoms with Crippen molar-refractivity contribution < 1.29 is 14.7 Å². The van der Waals surface area contributed by atoms with Crippen molar-refractivity contribution in [2.45, 2.75) is 12.3 Å². The van der Waals surface area contributed by atoms with E-state index >= 15 is 0 Å². The maximum absolute atomic E-state index is 12.7. The normalized spacial score (nSPS) is 19.1. The second-order valence-corrected chi connectivity index (χ2v) is 6.68. The smallest absolute Gasteiger partial charge is 0.281 e. The molecule has 128 valence electrons. The summed E-state index contributed by atoms with van der Waals surface area (Å²) >= 11 is 17.9. The second kappa shape index (κ2) is 6.67. The molecule has 0 radical (unpaired) electrons. The standard InChI is InChI=1S/C17H11Cl3N2O3/c1-8-2-5-13(23)12(6-8)21-15-14(20)16(24)22(17(15)25)9-3-4-10(18)11(19)7-9/h2-7,14,23H,1H3. The Kier molecular flexibility index (Phi) is 4.73. The quantitative estimate of drug-likeness (QED) is 0.608. The van der Waals surface area contributed by atoms with E-state index in [4.69, 9.17) is 34.8 Å². The van der Waals surface area contributed by atoms with E-state index in [1.54, 1.807) is 12.1 Å². The fourth-order valence-electron chi connectivity index (χ4n) is 2.38. The number of rotatable bonds is 2. The molecule has 1 fully saturated rings. The van der Waals surface area contributed by atoms with Crippen LogP contribution in [0.15, 0.2) is 41.4 Å². The van der Waals surface area contributed by atoms with Crippen LogP contribution in [-0.2, 0) is 9.59 Å². The zero-order valence-corrected chi connectivity index (χ0v) is 15.1. The largest absolute Gasteiger partial charge is 0.506 e. The van der Waals surface area contributed by atoms with Crippen molar-refractivity contribution in [1.29, 1.82) is 0 Å². The maximum atomic E-state index is 12.7. The zero-order valence-electron chi connectivity index (χ0n) is 12.8. The molecule has 0 spiro atoms. The lowest BCUT2D eigenvalue weighted by Crippen LogP contribution is -2.31. The molecule has 1 saturated heterocycles. The van der Waals surface area contributed by atoms with Crippen LogP contribution in [0.1, 0.15) is 5.56 Å². The van der Waals surface area contributed by atoms with Gasteiger partial charge in [-0.25, -0.2) is 9.89 Å². The highest BCUT2D eigenvalue weighted by Gasteiger charge is 2.45. The third-order valence-electron chi connectivity index (χ3n) is 3.63. The van der Waals surface area contributed by atoms with E-state index in [2.05, 4.69) is 4.99 Å². The molecule has 0 bridgehead atoms. The van der Waals surface area contributed by atoms with Crippen molar-refractivity contribution in [3.05, 3.63) is 52.0 Å². The predicted molar refractivity (Wildman–Crippen MR) is 98.5 cm³/mol. The molecule has 2 aromatic carbocycles. The number of nitrogens with zero attached hydrogens (tertiary/aromatic N) is 2. The molecule has 2 aromatic rings. The van der Waals surface area contributed by atoms with Gasteiger partial charge in [0, 0.05) is 0 Å². The number of halogens is 3. The van der Waals surface area contributed by atoms with E-state index in [0.29, 0.717) is 5.02 Å². The Bertz CT molecular complexity index is 927. The van der Waals surface area contributed by atoms with Gasteiger partial charge >= 0.3 is 0 Å². The average molecular weight is 398 g/mol. The number of phenols is 1. The van der Waals surface area contributed by atoms with Gasteiger partial charge < -0.3 is 5.11 Å². The second-order valence-electron chi connectivity index (χ2n) is 5.43. The van der Waals surface area contributed by atoms with Crippen molar-refractivity contribution >= 4 is 63.7 Å². The average Bonchev–Trinajstić information content (AvgIpc) is 2.77. The highest BCUT2D eigenvalue weighted by atomic mass is 35.5. The van der Waals surface area contributed by atoms with Gasteiger partial charge in [-0.2, -0.15) is 0 Å². The van der Waals surface area contributed by atoms with Gasteiger partial charge in [-0.05, 0) is 42.8 Å². The number of imide groups is 1. The van der Waals surface area contributed by atoms with Crippen LogP contribution in [0.2, 0.25) is 10.0 Å². The number of carbonyl (C=O) groups is 2. The molecule has 1 aliphatic rings. The number of alkyl halides is 1. The van der Waals surface area contributed by atoms with Crippen LogP contribution in [-0.4, -0.2) is 28.0 Å². The fraction of sp³-hybridized carbons (Fsp3) is 0.118. The minimum absolute atomic E-state index is 0.116. The summed E-state index contributed by atoms with van der Waals surface area (Å²) in [6.07, 6.45) is 0. The molecule has 2 amide bonds. The lowest BCUT2D eigenvalue weighted by molar-refractivity contribution is -0.120. The van der Waals surface area contributed by atoms with Crippen LogP contribution in [0.3, 0.4) is 0 Å². The van der Waals surface area contributed by atoms with Crippen LogP contribution >= 0.6 is 34.8 Å². The monoisotopic (exact) mass is 396 g/mol. The van der Waals surface area contributed by atoms with E-state index in [1.807, 2.05) is 6.92 Å². The SMILES string of the molecule is Cc1ccc(O)c(N=C2C(=O)N(c3ccc(Cl)c(Cl)c3)C(=O)C2Cl)c1. The molecular formula is C17H11Cl3N2O3. The first-order valence-electron chi connectivity index (χ1n) is 7.15. The molecule has 3 rings (SSSR count). The highest BCUT2D eigenvalue weighted by Crippen LogP contribution is 2.33. The molecule has 1 atom stereocenters. The Morgan fingerprint density at radius 2 is 1.80 bits per heavy atom. The maximum Gasteiger partial charge on any atom is 0.281 e. The Morgan fingerprint density at radius 1 is 1.08 bits per heavy atom. The molecule has 0 aliphatic carbocycles. The van der Waals surface area contributed by atoms with Crippen LogP contribution in [0.25, 0.3) is 0 Å². The van der Waals surface area contributed by atoms with Crippen molar-refractivity contribution in [2.24, 2.45) is 4.99 Å². The van der Waals surface area contributed by atoms with Crippen molar-refractivity contribution in [3.63, 3.8) is 0 Å². The number of hydrogen-bond donors (Lipinski definition) is 1. The van der Waals surface area contributed by atoms with Gasteiger partial charge in [-0.1, -0.05) is 29.3 Å². The molecule has 1 heterocycles. The highest BCUT2D eigenvalue weighted by molar-refractivity contribution is 6.68. The van der Waals surface area contributed by atoms with E-state index in [1.165, 1.54) is 24.3 Å². The number of aliphatic imine (C=N–C) groups is 1. The summed E-state index contributed by atoms with van der Waals surface area (Å²) in [7, 11) is 0. The summed E-state index contributed by atoms with van der Waals surface area (Å²) in [6.45, 7) is 1.81.